The summed E-state index contributed by atoms with van der Waals surface area (Å²) in [6.07, 6.45) is 0. The van der Waals surface area contributed by atoms with Gasteiger partial charge in [0.1, 0.15) is 5.54 Å². The van der Waals surface area contributed by atoms with Gasteiger partial charge < -0.3 is 5.32 Å². The van der Waals surface area contributed by atoms with Crippen LogP contribution in [-0.4, -0.2) is 36.6 Å². The SMILES string of the molecule is CC(C)C(C)(C#N)N1CCNCC1. The van der Waals surface area contributed by atoms with Crippen LogP contribution in [0.1, 0.15) is 20.8 Å². The van der Waals surface area contributed by atoms with Crippen molar-refractivity contribution in [1.29, 1.82) is 5.26 Å². The summed E-state index contributed by atoms with van der Waals surface area (Å²) in [6.45, 7) is 10.3. The van der Waals surface area contributed by atoms with E-state index in [-0.39, 0.29) is 5.54 Å². The summed E-state index contributed by atoms with van der Waals surface area (Å²) in [5.41, 5.74) is -0.290. The summed E-state index contributed by atoms with van der Waals surface area (Å²) in [7, 11) is 0. The molecule has 0 saturated carbocycles. The maximum absolute atomic E-state index is 9.20. The van der Waals surface area contributed by atoms with E-state index in [4.69, 9.17) is 0 Å². The zero-order valence-electron chi connectivity index (χ0n) is 8.80. The highest BCUT2D eigenvalue weighted by molar-refractivity contribution is 5.08. The zero-order chi connectivity index (χ0) is 9.90. The van der Waals surface area contributed by atoms with E-state index in [0.29, 0.717) is 5.92 Å². The monoisotopic (exact) mass is 181 g/mol. The van der Waals surface area contributed by atoms with Crippen molar-refractivity contribution in [3.05, 3.63) is 0 Å². The summed E-state index contributed by atoms with van der Waals surface area (Å²) < 4.78 is 0. The molecule has 0 aliphatic carbocycles. The maximum atomic E-state index is 9.20. The predicted molar refractivity (Wildman–Crippen MR) is 53.3 cm³/mol. The van der Waals surface area contributed by atoms with E-state index in [1.807, 2.05) is 6.92 Å². The standard InChI is InChI=1S/C10H19N3/c1-9(2)10(3,8-11)13-6-4-12-5-7-13/h9,12H,4-7H2,1-3H3. The van der Waals surface area contributed by atoms with Crippen LogP contribution in [0.3, 0.4) is 0 Å². The van der Waals surface area contributed by atoms with Gasteiger partial charge in [-0.3, -0.25) is 4.90 Å². The molecule has 0 aromatic carbocycles. The van der Waals surface area contributed by atoms with E-state index in [2.05, 4.69) is 30.1 Å². The lowest BCUT2D eigenvalue weighted by atomic mass is 9.87. The smallest absolute Gasteiger partial charge is 0.108 e. The Bertz CT molecular complexity index is 201. The third-order valence-corrected chi connectivity index (χ3v) is 3.12. The molecule has 1 aliphatic heterocycles. The summed E-state index contributed by atoms with van der Waals surface area (Å²) >= 11 is 0. The van der Waals surface area contributed by atoms with Crippen molar-refractivity contribution in [2.24, 2.45) is 5.92 Å². The van der Waals surface area contributed by atoms with Crippen molar-refractivity contribution in [2.75, 3.05) is 26.2 Å². The minimum absolute atomic E-state index is 0.290. The van der Waals surface area contributed by atoms with Gasteiger partial charge >= 0.3 is 0 Å². The van der Waals surface area contributed by atoms with Crippen molar-refractivity contribution in [2.45, 2.75) is 26.3 Å². The highest BCUT2D eigenvalue weighted by Gasteiger charge is 2.35. The summed E-state index contributed by atoms with van der Waals surface area (Å²) in [6, 6.07) is 2.45. The predicted octanol–water partition coefficient (Wildman–Crippen LogP) is 0.830. The molecule has 0 bridgehead atoms. The van der Waals surface area contributed by atoms with Crippen LogP contribution in [0.2, 0.25) is 0 Å². The molecular formula is C10H19N3. The molecule has 3 nitrogen and oxygen atoms in total. The fourth-order valence-corrected chi connectivity index (χ4v) is 1.69. The summed E-state index contributed by atoms with van der Waals surface area (Å²) in [5.74, 6) is 0.385. The van der Waals surface area contributed by atoms with Crippen LogP contribution < -0.4 is 5.32 Å². The molecule has 0 aromatic heterocycles. The molecule has 1 saturated heterocycles. The Labute approximate surface area is 80.7 Å². The van der Waals surface area contributed by atoms with Crippen molar-refractivity contribution < 1.29 is 0 Å². The molecule has 0 spiro atoms. The Morgan fingerprint density at radius 1 is 1.38 bits per heavy atom. The lowest BCUT2D eigenvalue weighted by Gasteiger charge is -2.41. The Morgan fingerprint density at radius 2 is 1.92 bits per heavy atom. The van der Waals surface area contributed by atoms with Crippen molar-refractivity contribution in [3.8, 4) is 6.07 Å². The number of hydrogen-bond acceptors (Lipinski definition) is 3. The van der Waals surface area contributed by atoms with Gasteiger partial charge in [-0.25, -0.2) is 0 Å². The van der Waals surface area contributed by atoms with Gasteiger partial charge in [0, 0.05) is 26.2 Å². The molecule has 1 N–H and O–H groups in total. The summed E-state index contributed by atoms with van der Waals surface area (Å²) in [5, 5.41) is 12.5. The fraction of sp³-hybridized carbons (Fsp3) is 0.900. The lowest BCUT2D eigenvalue weighted by molar-refractivity contribution is 0.0945. The molecule has 0 aromatic rings. The Balaban J connectivity index is 2.70. The van der Waals surface area contributed by atoms with Crippen LogP contribution in [0.25, 0.3) is 0 Å². The van der Waals surface area contributed by atoms with Crippen LogP contribution in [0.5, 0.6) is 0 Å². The van der Waals surface area contributed by atoms with E-state index in [9.17, 15) is 5.26 Å². The van der Waals surface area contributed by atoms with Crippen molar-refractivity contribution in [1.82, 2.24) is 10.2 Å². The van der Waals surface area contributed by atoms with E-state index in [0.717, 1.165) is 26.2 Å². The lowest BCUT2D eigenvalue weighted by Crippen LogP contribution is -2.56. The quantitative estimate of drug-likeness (QED) is 0.686. The second-order valence-corrected chi connectivity index (χ2v) is 4.15. The van der Waals surface area contributed by atoms with Gasteiger partial charge in [0.2, 0.25) is 0 Å². The normalized spacial score (nSPS) is 23.9. The van der Waals surface area contributed by atoms with Crippen LogP contribution in [0, 0.1) is 17.2 Å². The van der Waals surface area contributed by atoms with Gasteiger partial charge in [0.25, 0.3) is 0 Å². The molecule has 13 heavy (non-hydrogen) atoms. The average molecular weight is 181 g/mol. The fourth-order valence-electron chi connectivity index (χ4n) is 1.69. The second-order valence-electron chi connectivity index (χ2n) is 4.15. The number of nitrogens with zero attached hydrogens (tertiary/aromatic N) is 2. The molecule has 0 amide bonds. The van der Waals surface area contributed by atoms with Crippen LogP contribution in [0.15, 0.2) is 0 Å². The van der Waals surface area contributed by atoms with Crippen LogP contribution in [0.4, 0.5) is 0 Å². The minimum Gasteiger partial charge on any atom is -0.314 e. The maximum Gasteiger partial charge on any atom is 0.108 e. The molecule has 1 aliphatic rings. The number of hydrogen-bond donors (Lipinski definition) is 1. The first kappa shape index (κ1) is 10.5. The number of piperazine rings is 1. The highest BCUT2D eigenvalue weighted by atomic mass is 15.2. The first-order valence-electron chi connectivity index (χ1n) is 4.98. The van der Waals surface area contributed by atoms with E-state index in [1.54, 1.807) is 0 Å². The molecular weight excluding hydrogens is 162 g/mol. The number of rotatable bonds is 2. The minimum atomic E-state index is -0.290. The topological polar surface area (TPSA) is 39.1 Å². The molecule has 1 heterocycles. The third-order valence-electron chi connectivity index (χ3n) is 3.12. The number of nitriles is 1. The highest BCUT2D eigenvalue weighted by Crippen LogP contribution is 2.23. The Kier molecular flexibility index (Phi) is 3.29. The first-order chi connectivity index (χ1) is 6.11. The van der Waals surface area contributed by atoms with Gasteiger partial charge in [-0.2, -0.15) is 5.26 Å². The molecule has 1 unspecified atom stereocenters. The molecule has 1 atom stereocenters. The average Bonchev–Trinajstić information content (AvgIpc) is 2.17. The van der Waals surface area contributed by atoms with Gasteiger partial charge in [-0.1, -0.05) is 13.8 Å². The Morgan fingerprint density at radius 3 is 2.31 bits per heavy atom. The molecule has 0 radical (unpaired) electrons. The van der Waals surface area contributed by atoms with Gasteiger partial charge in [0.05, 0.1) is 6.07 Å². The molecule has 1 fully saturated rings. The van der Waals surface area contributed by atoms with Crippen molar-refractivity contribution in [3.63, 3.8) is 0 Å². The van der Waals surface area contributed by atoms with Crippen molar-refractivity contribution >= 4 is 0 Å². The molecule has 1 rings (SSSR count). The molecule has 3 heteroatoms. The van der Waals surface area contributed by atoms with Gasteiger partial charge in [0.15, 0.2) is 0 Å². The van der Waals surface area contributed by atoms with Gasteiger partial charge in [-0.15, -0.1) is 0 Å². The third kappa shape index (κ3) is 2.01. The largest absolute Gasteiger partial charge is 0.314 e. The van der Waals surface area contributed by atoms with E-state index in [1.165, 1.54) is 0 Å². The van der Waals surface area contributed by atoms with Crippen LogP contribution >= 0.6 is 0 Å². The Hall–Kier alpha value is -0.590. The van der Waals surface area contributed by atoms with Crippen LogP contribution in [-0.2, 0) is 0 Å². The molecule has 74 valence electrons. The zero-order valence-corrected chi connectivity index (χ0v) is 8.80. The second kappa shape index (κ2) is 4.08. The number of nitrogens with one attached hydrogen (secondary N) is 1. The van der Waals surface area contributed by atoms with Gasteiger partial charge in [-0.05, 0) is 12.8 Å². The summed E-state index contributed by atoms with van der Waals surface area (Å²) in [4.78, 5) is 2.29. The van der Waals surface area contributed by atoms with E-state index >= 15 is 0 Å². The van der Waals surface area contributed by atoms with E-state index < -0.39 is 0 Å². The first-order valence-corrected chi connectivity index (χ1v) is 4.98.